The number of hydrogen-bond acceptors (Lipinski definition) is 9. The van der Waals surface area contributed by atoms with Crippen molar-refractivity contribution in [3.63, 3.8) is 0 Å². The molecular weight excluding hydrogens is 902 g/mol. The number of fused-ring (bicyclic) bond motifs is 3. The summed E-state index contributed by atoms with van der Waals surface area (Å²) >= 11 is 10.9. The number of halogens is 1. The van der Waals surface area contributed by atoms with E-state index in [-0.39, 0.29) is 17.6 Å². The number of rotatable bonds is 19. The van der Waals surface area contributed by atoms with E-state index in [0.717, 1.165) is 103 Å². The summed E-state index contributed by atoms with van der Waals surface area (Å²) in [6.45, 7) is 15.4. The minimum absolute atomic E-state index is 0.139. The van der Waals surface area contributed by atoms with Crippen LogP contribution in [-0.2, 0) is 66.5 Å². The van der Waals surface area contributed by atoms with E-state index in [1.165, 1.54) is 11.3 Å². The molecule has 10 nitrogen and oxygen atoms in total. The molecule has 0 amide bonds. The number of ether oxygens (including phenoxy) is 3. The predicted octanol–water partition coefficient (Wildman–Crippen LogP) is 13.0. The summed E-state index contributed by atoms with van der Waals surface area (Å²) < 4.78 is 30.3. The highest BCUT2D eigenvalue weighted by molar-refractivity contribution is 7.98. The van der Waals surface area contributed by atoms with Gasteiger partial charge in [-0.1, -0.05) is 74.8 Å². The van der Waals surface area contributed by atoms with Gasteiger partial charge in [0.05, 0.1) is 54.6 Å². The van der Waals surface area contributed by atoms with E-state index in [9.17, 15) is 4.79 Å². The van der Waals surface area contributed by atoms with Gasteiger partial charge in [-0.05, 0) is 104 Å². The van der Waals surface area contributed by atoms with Crippen molar-refractivity contribution in [2.75, 3.05) is 20.3 Å². The topological polar surface area (TPSA) is 94.6 Å². The van der Waals surface area contributed by atoms with Gasteiger partial charge in [0.25, 0.3) is 0 Å². The van der Waals surface area contributed by atoms with Crippen LogP contribution in [0.4, 0.5) is 0 Å². The Hall–Kier alpha value is -4.66. The highest BCUT2D eigenvalue weighted by atomic mass is 35.5. The van der Waals surface area contributed by atoms with Crippen LogP contribution in [-0.4, -0.2) is 58.7 Å². The number of aryl methyl sites for hydroxylation is 4. The molecule has 0 bridgehead atoms. The first-order valence-corrected chi connectivity index (χ1v) is 28.3. The fourth-order valence-electron chi connectivity index (χ4n) is 8.60. The van der Waals surface area contributed by atoms with Gasteiger partial charge in [0, 0.05) is 70.4 Å². The van der Waals surface area contributed by atoms with Crippen LogP contribution in [0.5, 0.6) is 11.5 Å². The van der Waals surface area contributed by atoms with Crippen molar-refractivity contribution in [1.82, 2.24) is 24.1 Å². The van der Waals surface area contributed by atoms with Crippen molar-refractivity contribution in [2.45, 2.75) is 107 Å². The molecule has 0 radical (unpaired) electrons. The molecule has 4 heterocycles. The molecule has 0 saturated carbocycles. The lowest BCUT2D eigenvalue weighted by molar-refractivity contribution is 0.0514. The fraction of sp³-hybridized carbons (Fsp3) is 0.404. The zero-order valence-corrected chi connectivity index (χ0v) is 43.1. The molecule has 0 N–H and O–H groups in total. The highest BCUT2D eigenvalue weighted by Gasteiger charge is 2.37. The van der Waals surface area contributed by atoms with Crippen molar-refractivity contribution < 1.29 is 23.4 Å². The van der Waals surface area contributed by atoms with E-state index < -0.39 is 8.32 Å². The normalized spacial score (nSPS) is 12.9. The van der Waals surface area contributed by atoms with Crippen molar-refractivity contribution in [1.29, 1.82) is 0 Å². The number of thioether (sulfide) groups is 2. The number of carbonyl (C=O) groups excluding carboxylic acids is 1. The zero-order valence-electron chi connectivity index (χ0n) is 39.8. The summed E-state index contributed by atoms with van der Waals surface area (Å²) in [4.78, 5) is 15.1. The number of nitrogens with zero attached hydrogens (tertiary/aromatic N) is 5. The third-order valence-corrected chi connectivity index (χ3v) is 20.0. The van der Waals surface area contributed by atoms with Gasteiger partial charge in [0.15, 0.2) is 8.32 Å². The average molecular weight is 965 g/mol. The van der Waals surface area contributed by atoms with Gasteiger partial charge in [-0.2, -0.15) is 10.2 Å². The minimum Gasteiger partial charge on any atom is -0.497 e. The lowest BCUT2D eigenvalue weighted by atomic mass is 9.97. The van der Waals surface area contributed by atoms with E-state index in [4.69, 9.17) is 40.4 Å². The molecule has 348 valence electrons. The van der Waals surface area contributed by atoms with Crippen molar-refractivity contribution in [3.05, 3.63) is 123 Å². The first-order valence-electron chi connectivity index (χ1n) is 22.9. The second-order valence-electron chi connectivity index (χ2n) is 18.5. The van der Waals surface area contributed by atoms with Crippen LogP contribution in [0.15, 0.2) is 83.8 Å². The Balaban J connectivity index is 1.04. The van der Waals surface area contributed by atoms with Crippen LogP contribution in [0, 0.1) is 0 Å². The maximum atomic E-state index is 13.9. The van der Waals surface area contributed by atoms with E-state index in [1.807, 2.05) is 54.5 Å². The summed E-state index contributed by atoms with van der Waals surface area (Å²) in [7, 11) is 3.74. The molecule has 1 aliphatic rings. The minimum atomic E-state index is -1.90. The van der Waals surface area contributed by atoms with Crippen LogP contribution in [0.3, 0.4) is 0 Å². The van der Waals surface area contributed by atoms with Crippen LogP contribution >= 0.6 is 35.1 Å². The largest absolute Gasteiger partial charge is 0.497 e. The zero-order chi connectivity index (χ0) is 46.8. The lowest BCUT2D eigenvalue weighted by Crippen LogP contribution is -2.40. The first kappa shape index (κ1) is 47.8. The molecule has 0 saturated heterocycles. The molecular formula is C52H62ClN5O5S2Si. The van der Waals surface area contributed by atoms with Gasteiger partial charge in [-0.15, -0.1) is 23.5 Å². The van der Waals surface area contributed by atoms with Gasteiger partial charge >= 0.3 is 5.97 Å². The first-order chi connectivity index (χ1) is 31.7. The van der Waals surface area contributed by atoms with Crippen LogP contribution in [0.25, 0.3) is 32.8 Å². The maximum absolute atomic E-state index is 13.9. The number of hydrogen-bond donors (Lipinski definition) is 0. The summed E-state index contributed by atoms with van der Waals surface area (Å²) in [5.41, 5.74) is 9.88. The third kappa shape index (κ3) is 10.1. The van der Waals surface area contributed by atoms with E-state index in [0.29, 0.717) is 42.5 Å². The van der Waals surface area contributed by atoms with Crippen molar-refractivity contribution in [2.24, 2.45) is 14.1 Å². The van der Waals surface area contributed by atoms with Crippen molar-refractivity contribution >= 4 is 71.1 Å². The smallest absolute Gasteiger partial charge is 0.355 e. The fourth-order valence-corrected chi connectivity index (χ4v) is 11.6. The Morgan fingerprint density at radius 3 is 2.47 bits per heavy atom. The highest BCUT2D eigenvalue weighted by Crippen LogP contribution is 2.45. The van der Waals surface area contributed by atoms with Crippen molar-refractivity contribution in [3.8, 4) is 22.6 Å². The summed E-state index contributed by atoms with van der Waals surface area (Å²) in [5.74, 6) is 3.60. The number of benzene rings is 4. The quantitative estimate of drug-likeness (QED) is 0.0340. The van der Waals surface area contributed by atoms with Crippen LogP contribution in [0.1, 0.15) is 84.9 Å². The molecule has 0 aliphatic carbocycles. The molecule has 0 spiro atoms. The van der Waals surface area contributed by atoms with E-state index >= 15 is 0 Å². The number of methoxy groups -OCH3 is 1. The Bertz CT molecular complexity index is 2860. The predicted molar refractivity (Wildman–Crippen MR) is 274 cm³/mol. The molecule has 4 aromatic carbocycles. The Morgan fingerprint density at radius 1 is 0.924 bits per heavy atom. The van der Waals surface area contributed by atoms with Gasteiger partial charge in [-0.25, -0.2) is 4.79 Å². The van der Waals surface area contributed by atoms with Crippen LogP contribution in [0.2, 0.25) is 23.2 Å². The lowest BCUT2D eigenvalue weighted by Gasteiger charge is -2.36. The Morgan fingerprint density at radius 2 is 1.71 bits per heavy atom. The van der Waals surface area contributed by atoms with Gasteiger partial charge in [0.1, 0.15) is 17.2 Å². The van der Waals surface area contributed by atoms with E-state index in [2.05, 4.69) is 93.1 Å². The SMILES string of the molecule is CCOC(=O)c1c(CCCOc2cc(SCc3ccc(OC)cc3)cc3ccccc23)c2ccc(Cl)c(-c3c(CSCc4cc(CO[Si](C)(C)C(C)(C)C)n(C)n4)nn4c3CCC4)c2n1C. The molecule has 3 aromatic heterocycles. The molecule has 0 fully saturated rings. The number of esters is 1. The standard InChI is InChI=1S/C52H62ClN5O5S2Si/c1-10-61-51(59)50-41(17-14-26-62-46-29-39(27-35-15-11-12-16-40(35)46)65-31-34-19-21-38(60-7)22-20-34)42-23-24-43(53)47(49(42)56(50)5)48-44(55-58-25-13-18-45(48)58)33-64-32-36-28-37(57(6)54-36)30-63-66(8,9)52(2,3)4/h11-12,15-16,19-24,27-29H,10,13-14,17-18,25-26,30-33H2,1-9H3. The maximum Gasteiger partial charge on any atom is 0.355 e. The Labute approximate surface area is 403 Å². The van der Waals surface area contributed by atoms with E-state index in [1.54, 1.807) is 30.6 Å². The molecule has 66 heavy (non-hydrogen) atoms. The third-order valence-electron chi connectivity index (χ3n) is 13.1. The summed E-state index contributed by atoms with van der Waals surface area (Å²) in [6.07, 6.45) is 3.23. The second kappa shape index (κ2) is 20.3. The summed E-state index contributed by atoms with van der Waals surface area (Å²) in [5, 5.41) is 14.0. The number of aromatic nitrogens is 5. The molecule has 8 rings (SSSR count). The Kier molecular flexibility index (Phi) is 14.7. The molecule has 14 heteroatoms. The molecule has 7 aromatic rings. The van der Waals surface area contributed by atoms with Gasteiger partial charge in [-0.3, -0.25) is 9.36 Å². The molecule has 0 unspecified atom stereocenters. The monoisotopic (exact) mass is 963 g/mol. The summed E-state index contributed by atoms with van der Waals surface area (Å²) in [6, 6.07) is 27.1. The second-order valence-corrected chi connectivity index (χ2v) is 25.8. The number of carbonyl (C=O) groups is 1. The van der Waals surface area contributed by atoms with Crippen LogP contribution < -0.4 is 9.47 Å². The molecule has 0 atom stereocenters. The van der Waals surface area contributed by atoms with Gasteiger partial charge in [0.2, 0.25) is 0 Å². The average Bonchev–Trinajstić information content (AvgIpc) is 4.05. The molecule has 1 aliphatic heterocycles. The van der Waals surface area contributed by atoms with Gasteiger partial charge < -0.3 is 23.2 Å².